The van der Waals surface area contributed by atoms with Gasteiger partial charge in [-0.25, -0.2) is 4.98 Å². The fourth-order valence-electron chi connectivity index (χ4n) is 3.90. The molecule has 1 aromatic heterocycles. The van der Waals surface area contributed by atoms with Crippen molar-refractivity contribution in [2.45, 2.75) is 45.3 Å². The van der Waals surface area contributed by atoms with Crippen molar-refractivity contribution >= 4 is 11.7 Å². The Balaban J connectivity index is 1.38. The van der Waals surface area contributed by atoms with Crippen LogP contribution < -0.4 is 19.7 Å². The van der Waals surface area contributed by atoms with Crippen molar-refractivity contribution in [3.8, 4) is 11.5 Å². The van der Waals surface area contributed by atoms with Crippen molar-refractivity contribution in [1.82, 2.24) is 10.3 Å². The van der Waals surface area contributed by atoms with Crippen LogP contribution >= 0.6 is 0 Å². The van der Waals surface area contributed by atoms with E-state index in [1.165, 1.54) is 0 Å². The maximum atomic E-state index is 12.7. The third-order valence-corrected chi connectivity index (χ3v) is 5.60. The number of morpholine rings is 1. The second-order valence-corrected chi connectivity index (χ2v) is 8.70. The van der Waals surface area contributed by atoms with E-state index in [0.717, 1.165) is 36.0 Å². The van der Waals surface area contributed by atoms with Gasteiger partial charge in [0, 0.05) is 31.2 Å². The number of pyridine rings is 1. The second-order valence-electron chi connectivity index (χ2n) is 8.70. The van der Waals surface area contributed by atoms with Gasteiger partial charge in [0.15, 0.2) is 11.5 Å². The number of carbonyl (C=O) groups is 1. The highest BCUT2D eigenvalue weighted by Gasteiger charge is 2.26. The summed E-state index contributed by atoms with van der Waals surface area (Å²) in [4.78, 5) is 19.4. The number of amides is 1. The molecule has 0 aliphatic carbocycles. The van der Waals surface area contributed by atoms with Crippen LogP contribution in [-0.2, 0) is 10.2 Å². The van der Waals surface area contributed by atoms with Crippen molar-refractivity contribution in [1.29, 1.82) is 0 Å². The minimum Gasteiger partial charge on any atom is -0.454 e. The number of fused-ring (bicyclic) bond motifs is 1. The number of nitrogens with one attached hydrogen (secondary N) is 1. The lowest BCUT2D eigenvalue weighted by atomic mass is 9.84. The smallest absolute Gasteiger partial charge is 0.252 e. The SMILES string of the molecule is C[C@@H]1CN(c2ccc(C(=O)NCC(C)(C)c3ccc4c(c3)OCO4)cn2)C[C@H](C)O1. The van der Waals surface area contributed by atoms with E-state index in [9.17, 15) is 4.79 Å². The molecule has 2 aliphatic heterocycles. The molecule has 0 saturated carbocycles. The Hall–Kier alpha value is -2.80. The fraction of sp³-hybridized carbons (Fsp3) is 0.478. The van der Waals surface area contributed by atoms with E-state index in [1.54, 1.807) is 6.20 Å². The third kappa shape index (κ3) is 4.36. The highest BCUT2D eigenvalue weighted by molar-refractivity contribution is 5.94. The Morgan fingerprint density at radius 3 is 2.57 bits per heavy atom. The summed E-state index contributed by atoms with van der Waals surface area (Å²) in [5.74, 6) is 2.24. The van der Waals surface area contributed by atoms with Crippen LogP contribution in [0.25, 0.3) is 0 Å². The number of rotatable bonds is 5. The zero-order valence-electron chi connectivity index (χ0n) is 18.0. The predicted octanol–water partition coefficient (Wildman–Crippen LogP) is 3.13. The van der Waals surface area contributed by atoms with Crippen LogP contribution in [0.1, 0.15) is 43.6 Å². The maximum absolute atomic E-state index is 12.7. The number of ether oxygens (including phenoxy) is 3. The van der Waals surface area contributed by atoms with Gasteiger partial charge in [-0.15, -0.1) is 0 Å². The molecule has 2 aliphatic rings. The third-order valence-electron chi connectivity index (χ3n) is 5.60. The van der Waals surface area contributed by atoms with Gasteiger partial charge in [0.25, 0.3) is 5.91 Å². The molecule has 1 aromatic carbocycles. The van der Waals surface area contributed by atoms with E-state index in [0.29, 0.717) is 12.1 Å². The molecule has 0 bridgehead atoms. The first-order chi connectivity index (χ1) is 14.3. The lowest BCUT2D eigenvalue weighted by molar-refractivity contribution is -0.00546. The number of carbonyl (C=O) groups excluding carboxylic acids is 1. The van der Waals surface area contributed by atoms with Crippen molar-refractivity contribution in [2.75, 3.05) is 31.3 Å². The summed E-state index contributed by atoms with van der Waals surface area (Å²) >= 11 is 0. The quantitative estimate of drug-likeness (QED) is 0.815. The second kappa shape index (κ2) is 8.14. The zero-order valence-corrected chi connectivity index (χ0v) is 18.0. The molecule has 1 amide bonds. The molecular weight excluding hydrogens is 382 g/mol. The Morgan fingerprint density at radius 2 is 1.87 bits per heavy atom. The summed E-state index contributed by atoms with van der Waals surface area (Å²) in [6, 6.07) is 9.64. The summed E-state index contributed by atoms with van der Waals surface area (Å²) in [5.41, 5.74) is 1.37. The van der Waals surface area contributed by atoms with Crippen LogP contribution in [0, 0.1) is 0 Å². The molecule has 3 heterocycles. The molecular formula is C23H29N3O4. The Bertz CT molecular complexity index is 903. The number of benzene rings is 1. The fourth-order valence-corrected chi connectivity index (χ4v) is 3.90. The Morgan fingerprint density at radius 1 is 1.13 bits per heavy atom. The lowest BCUT2D eigenvalue weighted by Crippen LogP contribution is -2.45. The standard InChI is InChI=1S/C23H29N3O4/c1-15-11-26(12-16(2)30-15)21-8-5-17(10-24-21)22(27)25-13-23(3,4)18-6-7-19-20(9-18)29-14-28-19/h5-10,15-16H,11-14H2,1-4H3,(H,25,27)/t15-,16+. The number of hydrogen-bond donors (Lipinski definition) is 1. The zero-order chi connectivity index (χ0) is 21.3. The predicted molar refractivity (Wildman–Crippen MR) is 114 cm³/mol. The van der Waals surface area contributed by atoms with E-state index in [2.05, 4.69) is 42.9 Å². The molecule has 0 radical (unpaired) electrons. The molecule has 7 heteroatoms. The van der Waals surface area contributed by atoms with Gasteiger partial charge in [-0.3, -0.25) is 4.79 Å². The number of anilines is 1. The van der Waals surface area contributed by atoms with Crippen LogP contribution in [-0.4, -0.2) is 49.5 Å². The Kier molecular flexibility index (Phi) is 5.56. The van der Waals surface area contributed by atoms with Gasteiger partial charge in [0.2, 0.25) is 6.79 Å². The van der Waals surface area contributed by atoms with Crippen molar-refractivity contribution in [2.24, 2.45) is 0 Å². The van der Waals surface area contributed by atoms with Crippen LogP contribution in [0.3, 0.4) is 0 Å². The summed E-state index contributed by atoms with van der Waals surface area (Å²) in [7, 11) is 0. The van der Waals surface area contributed by atoms with Crippen LogP contribution in [0.4, 0.5) is 5.82 Å². The number of hydrogen-bond acceptors (Lipinski definition) is 6. The number of nitrogens with zero attached hydrogens (tertiary/aromatic N) is 2. The first-order valence-electron chi connectivity index (χ1n) is 10.4. The average Bonchev–Trinajstić information content (AvgIpc) is 3.19. The maximum Gasteiger partial charge on any atom is 0.252 e. The van der Waals surface area contributed by atoms with Gasteiger partial charge in [-0.2, -0.15) is 0 Å². The van der Waals surface area contributed by atoms with Crippen molar-refractivity contribution in [3.05, 3.63) is 47.7 Å². The van der Waals surface area contributed by atoms with E-state index in [4.69, 9.17) is 14.2 Å². The highest BCUT2D eigenvalue weighted by Crippen LogP contribution is 2.36. The van der Waals surface area contributed by atoms with Crippen LogP contribution in [0.15, 0.2) is 36.5 Å². The van der Waals surface area contributed by atoms with Gasteiger partial charge < -0.3 is 24.4 Å². The summed E-state index contributed by atoms with van der Waals surface area (Å²) in [5, 5.41) is 3.03. The molecule has 0 unspecified atom stereocenters. The first-order valence-corrected chi connectivity index (χ1v) is 10.4. The van der Waals surface area contributed by atoms with E-state index < -0.39 is 0 Å². The topological polar surface area (TPSA) is 72.9 Å². The Labute approximate surface area is 177 Å². The molecule has 160 valence electrons. The number of aromatic nitrogens is 1. The molecule has 1 fully saturated rings. The molecule has 2 atom stereocenters. The van der Waals surface area contributed by atoms with Crippen LogP contribution in [0.2, 0.25) is 0 Å². The van der Waals surface area contributed by atoms with Gasteiger partial charge in [0.1, 0.15) is 5.82 Å². The van der Waals surface area contributed by atoms with Crippen molar-refractivity contribution in [3.63, 3.8) is 0 Å². The molecule has 0 spiro atoms. The normalized spacial score (nSPS) is 20.9. The minimum absolute atomic E-state index is 0.133. The largest absolute Gasteiger partial charge is 0.454 e. The van der Waals surface area contributed by atoms with Gasteiger partial charge in [-0.05, 0) is 43.7 Å². The van der Waals surface area contributed by atoms with Gasteiger partial charge in [0.05, 0.1) is 17.8 Å². The molecule has 1 saturated heterocycles. The lowest BCUT2D eigenvalue weighted by Gasteiger charge is -2.36. The van der Waals surface area contributed by atoms with E-state index in [-0.39, 0.29) is 30.3 Å². The molecule has 1 N–H and O–H groups in total. The van der Waals surface area contributed by atoms with Crippen molar-refractivity contribution < 1.29 is 19.0 Å². The molecule has 30 heavy (non-hydrogen) atoms. The minimum atomic E-state index is -0.260. The van der Waals surface area contributed by atoms with E-state index in [1.807, 2.05) is 30.3 Å². The van der Waals surface area contributed by atoms with Gasteiger partial charge >= 0.3 is 0 Å². The molecule has 4 rings (SSSR count). The summed E-state index contributed by atoms with van der Waals surface area (Å²) < 4.78 is 16.6. The molecule has 7 nitrogen and oxygen atoms in total. The van der Waals surface area contributed by atoms with E-state index >= 15 is 0 Å². The monoisotopic (exact) mass is 411 g/mol. The average molecular weight is 412 g/mol. The summed E-state index contributed by atoms with van der Waals surface area (Å²) in [6.07, 6.45) is 1.97. The van der Waals surface area contributed by atoms with Gasteiger partial charge in [-0.1, -0.05) is 19.9 Å². The molecule has 2 aromatic rings. The highest BCUT2D eigenvalue weighted by atomic mass is 16.7. The van der Waals surface area contributed by atoms with Crippen LogP contribution in [0.5, 0.6) is 11.5 Å². The first kappa shape index (κ1) is 20.5. The summed E-state index contributed by atoms with van der Waals surface area (Å²) in [6.45, 7) is 10.6.